The van der Waals surface area contributed by atoms with E-state index < -0.39 is 5.41 Å². The van der Waals surface area contributed by atoms with Gasteiger partial charge in [0.05, 0.1) is 11.6 Å². The van der Waals surface area contributed by atoms with Crippen LogP contribution in [0.4, 0.5) is 0 Å². The van der Waals surface area contributed by atoms with Gasteiger partial charge in [-0.05, 0) is 42.0 Å². The Morgan fingerprint density at radius 1 is 1.03 bits per heavy atom. The molecular formula is C25H27N5O2. The zero-order chi connectivity index (χ0) is 22.6. The van der Waals surface area contributed by atoms with Crippen molar-refractivity contribution in [1.29, 1.82) is 0 Å². The summed E-state index contributed by atoms with van der Waals surface area (Å²) in [5.41, 5.74) is 2.78. The lowest BCUT2D eigenvalue weighted by Crippen LogP contribution is -2.54. The van der Waals surface area contributed by atoms with Gasteiger partial charge in [-0.25, -0.2) is 4.98 Å². The van der Waals surface area contributed by atoms with Gasteiger partial charge in [-0.3, -0.25) is 19.6 Å². The molecule has 0 spiro atoms. The highest BCUT2D eigenvalue weighted by molar-refractivity contribution is 5.93. The normalized spacial score (nSPS) is 18.2. The fourth-order valence-corrected chi connectivity index (χ4v) is 4.53. The standard InChI is InChI=1S/C25H27N5O2/c1-29(2)24(32)25(9-5-13-30(18-25)23(31)22-17-27-11-12-28-22)15-19-6-3-7-20(14-19)21-8-4-10-26-16-21/h3-4,6-8,10-12,14,16-17H,5,9,13,15,18H2,1-2H3/t25-/m1/s1. The minimum Gasteiger partial charge on any atom is -0.348 e. The quantitative estimate of drug-likeness (QED) is 0.623. The van der Waals surface area contributed by atoms with Gasteiger partial charge in [0.1, 0.15) is 5.69 Å². The first-order valence-corrected chi connectivity index (χ1v) is 10.7. The van der Waals surface area contributed by atoms with Gasteiger partial charge in [-0.2, -0.15) is 0 Å². The summed E-state index contributed by atoms with van der Waals surface area (Å²) in [6.45, 7) is 0.962. The van der Waals surface area contributed by atoms with Gasteiger partial charge in [-0.1, -0.05) is 30.3 Å². The predicted octanol–water partition coefficient (Wildman–Crippen LogP) is 3.09. The Bertz CT molecular complexity index is 1090. The molecule has 2 aromatic heterocycles. The van der Waals surface area contributed by atoms with Gasteiger partial charge in [0.15, 0.2) is 0 Å². The third kappa shape index (κ3) is 4.51. The summed E-state index contributed by atoms with van der Waals surface area (Å²) in [6, 6.07) is 12.2. The van der Waals surface area contributed by atoms with Gasteiger partial charge in [0.25, 0.3) is 5.91 Å². The smallest absolute Gasteiger partial charge is 0.274 e. The maximum absolute atomic E-state index is 13.4. The number of benzene rings is 1. The highest BCUT2D eigenvalue weighted by Crippen LogP contribution is 2.36. The Kier molecular flexibility index (Phi) is 6.25. The molecule has 7 heteroatoms. The molecule has 1 saturated heterocycles. The molecule has 1 atom stereocenters. The SMILES string of the molecule is CN(C)C(=O)[C@@]1(Cc2cccc(-c3cccnc3)c2)CCCN(C(=O)c2cnccn2)C1. The number of hydrogen-bond acceptors (Lipinski definition) is 5. The van der Waals surface area contributed by atoms with Crippen molar-refractivity contribution < 1.29 is 9.59 Å². The highest BCUT2D eigenvalue weighted by atomic mass is 16.2. The van der Waals surface area contributed by atoms with Crippen LogP contribution < -0.4 is 0 Å². The Morgan fingerprint density at radius 3 is 2.56 bits per heavy atom. The van der Waals surface area contributed by atoms with Crippen LogP contribution in [0.5, 0.6) is 0 Å². The molecule has 0 saturated carbocycles. The van der Waals surface area contributed by atoms with E-state index in [9.17, 15) is 9.59 Å². The topological polar surface area (TPSA) is 79.3 Å². The lowest BCUT2D eigenvalue weighted by molar-refractivity contribution is -0.142. The maximum Gasteiger partial charge on any atom is 0.274 e. The first-order chi connectivity index (χ1) is 15.5. The Morgan fingerprint density at radius 2 is 1.84 bits per heavy atom. The monoisotopic (exact) mass is 429 g/mol. The van der Waals surface area contributed by atoms with Crippen LogP contribution in [0.15, 0.2) is 67.4 Å². The number of piperidine rings is 1. The number of carbonyl (C=O) groups is 2. The predicted molar refractivity (Wildman–Crippen MR) is 122 cm³/mol. The summed E-state index contributed by atoms with van der Waals surface area (Å²) >= 11 is 0. The van der Waals surface area contributed by atoms with Crippen LogP contribution in [-0.2, 0) is 11.2 Å². The molecule has 1 aromatic carbocycles. The van der Waals surface area contributed by atoms with Gasteiger partial charge >= 0.3 is 0 Å². The second-order valence-corrected chi connectivity index (χ2v) is 8.52. The number of aromatic nitrogens is 3. The van der Waals surface area contributed by atoms with E-state index in [2.05, 4.69) is 21.0 Å². The number of amides is 2. The summed E-state index contributed by atoms with van der Waals surface area (Å²) in [7, 11) is 3.55. The van der Waals surface area contributed by atoms with E-state index in [-0.39, 0.29) is 11.8 Å². The molecule has 3 heterocycles. The molecular weight excluding hydrogens is 402 g/mol. The summed E-state index contributed by atoms with van der Waals surface area (Å²) in [6.07, 6.45) is 10.2. The summed E-state index contributed by atoms with van der Waals surface area (Å²) in [5, 5.41) is 0. The van der Waals surface area contributed by atoms with Gasteiger partial charge in [0, 0.05) is 52.0 Å². The van der Waals surface area contributed by atoms with Crippen LogP contribution in [-0.4, -0.2) is 63.8 Å². The molecule has 1 aliphatic heterocycles. The van der Waals surface area contributed by atoms with Crippen molar-refractivity contribution >= 4 is 11.8 Å². The van der Waals surface area contributed by atoms with Gasteiger partial charge in [-0.15, -0.1) is 0 Å². The Hall–Kier alpha value is -3.61. The molecule has 0 aliphatic carbocycles. The average Bonchev–Trinajstić information content (AvgIpc) is 2.84. The second-order valence-electron chi connectivity index (χ2n) is 8.52. The molecule has 1 fully saturated rings. The molecule has 3 aromatic rings. The number of hydrogen-bond donors (Lipinski definition) is 0. The summed E-state index contributed by atoms with van der Waals surface area (Å²) < 4.78 is 0. The second kappa shape index (κ2) is 9.26. The molecule has 164 valence electrons. The van der Waals surface area contributed by atoms with Crippen molar-refractivity contribution in [1.82, 2.24) is 24.8 Å². The minimum atomic E-state index is -0.687. The van der Waals surface area contributed by atoms with Crippen LogP contribution in [0.1, 0.15) is 28.9 Å². The molecule has 0 bridgehead atoms. The summed E-state index contributed by atoms with van der Waals surface area (Å²) in [4.78, 5) is 42.3. The Labute approximate surface area is 188 Å². The highest BCUT2D eigenvalue weighted by Gasteiger charge is 2.44. The molecule has 0 radical (unpaired) electrons. The zero-order valence-electron chi connectivity index (χ0n) is 18.4. The molecule has 32 heavy (non-hydrogen) atoms. The van der Waals surface area contributed by atoms with Crippen molar-refractivity contribution in [2.75, 3.05) is 27.2 Å². The number of likely N-dealkylation sites (tertiary alicyclic amines) is 1. The first kappa shape index (κ1) is 21.6. The first-order valence-electron chi connectivity index (χ1n) is 10.7. The number of carbonyl (C=O) groups excluding carboxylic acids is 2. The maximum atomic E-state index is 13.4. The molecule has 2 amide bonds. The zero-order valence-corrected chi connectivity index (χ0v) is 18.4. The molecule has 0 unspecified atom stereocenters. The third-order valence-corrected chi connectivity index (χ3v) is 5.97. The van der Waals surface area contributed by atoms with E-state index >= 15 is 0 Å². The number of pyridine rings is 1. The van der Waals surface area contributed by atoms with Crippen molar-refractivity contribution in [2.45, 2.75) is 19.3 Å². The van der Waals surface area contributed by atoms with E-state index in [1.807, 2.05) is 36.5 Å². The van der Waals surface area contributed by atoms with Crippen LogP contribution in [0.3, 0.4) is 0 Å². The molecule has 4 rings (SSSR count). The third-order valence-electron chi connectivity index (χ3n) is 5.97. The largest absolute Gasteiger partial charge is 0.348 e. The van der Waals surface area contributed by atoms with Crippen molar-refractivity contribution in [3.8, 4) is 11.1 Å². The van der Waals surface area contributed by atoms with Crippen LogP contribution in [0.25, 0.3) is 11.1 Å². The van der Waals surface area contributed by atoms with E-state index in [0.717, 1.165) is 29.5 Å². The van der Waals surface area contributed by atoms with E-state index in [1.165, 1.54) is 12.4 Å². The number of nitrogens with zero attached hydrogens (tertiary/aromatic N) is 5. The lowest BCUT2D eigenvalue weighted by Gasteiger charge is -2.43. The minimum absolute atomic E-state index is 0.0425. The average molecular weight is 430 g/mol. The molecule has 1 aliphatic rings. The van der Waals surface area contributed by atoms with E-state index in [0.29, 0.717) is 25.2 Å². The van der Waals surface area contributed by atoms with Crippen LogP contribution in [0, 0.1) is 5.41 Å². The fourth-order valence-electron chi connectivity index (χ4n) is 4.53. The summed E-state index contributed by atoms with van der Waals surface area (Å²) in [5.74, 6) is -0.140. The van der Waals surface area contributed by atoms with E-state index in [4.69, 9.17) is 0 Å². The van der Waals surface area contributed by atoms with Crippen LogP contribution >= 0.6 is 0 Å². The fraction of sp³-hybridized carbons (Fsp3) is 0.320. The van der Waals surface area contributed by atoms with Crippen molar-refractivity contribution in [3.05, 3.63) is 78.6 Å². The molecule has 0 N–H and O–H groups in total. The lowest BCUT2D eigenvalue weighted by atomic mass is 9.73. The van der Waals surface area contributed by atoms with Crippen molar-refractivity contribution in [2.24, 2.45) is 5.41 Å². The molecule has 7 nitrogen and oxygen atoms in total. The van der Waals surface area contributed by atoms with Crippen molar-refractivity contribution in [3.63, 3.8) is 0 Å². The Balaban J connectivity index is 1.64. The number of rotatable bonds is 5. The van der Waals surface area contributed by atoms with Gasteiger partial charge in [0.2, 0.25) is 5.91 Å². The van der Waals surface area contributed by atoms with Gasteiger partial charge < -0.3 is 9.80 Å². The van der Waals surface area contributed by atoms with E-state index in [1.54, 1.807) is 36.3 Å². The van der Waals surface area contributed by atoms with Crippen LogP contribution in [0.2, 0.25) is 0 Å².